The number of aryl methyl sites for hydroxylation is 3. The molecule has 1 aromatic heterocycles. The molecule has 1 heterocycles. The van der Waals surface area contributed by atoms with E-state index < -0.39 is 0 Å². The van der Waals surface area contributed by atoms with Gasteiger partial charge in [-0.2, -0.15) is 0 Å². The Bertz CT molecular complexity index is 977. The van der Waals surface area contributed by atoms with Gasteiger partial charge >= 0.3 is 0 Å². The molecule has 3 aromatic rings. The van der Waals surface area contributed by atoms with E-state index in [9.17, 15) is 4.79 Å². The number of benzene rings is 2. The van der Waals surface area contributed by atoms with Crippen LogP contribution in [0, 0.1) is 13.8 Å². The zero-order chi connectivity index (χ0) is 18.0. The first-order valence-electron chi connectivity index (χ1n) is 8.22. The van der Waals surface area contributed by atoms with Gasteiger partial charge in [-0.05, 0) is 50.1 Å². The van der Waals surface area contributed by atoms with E-state index >= 15 is 0 Å². The van der Waals surface area contributed by atoms with Gasteiger partial charge in [-0.15, -0.1) is 0 Å². The van der Waals surface area contributed by atoms with E-state index in [4.69, 9.17) is 9.47 Å². The second-order valence-electron chi connectivity index (χ2n) is 6.08. The van der Waals surface area contributed by atoms with Gasteiger partial charge in [-0.3, -0.25) is 9.36 Å². The fraction of sp³-hybridized carbons (Fsp3) is 0.300. The summed E-state index contributed by atoms with van der Waals surface area (Å²) < 4.78 is 12.3. The van der Waals surface area contributed by atoms with E-state index in [1.165, 1.54) is 0 Å². The Morgan fingerprint density at radius 2 is 1.76 bits per heavy atom. The van der Waals surface area contributed by atoms with Crippen molar-refractivity contribution in [1.29, 1.82) is 0 Å². The zero-order valence-electron chi connectivity index (χ0n) is 15.0. The summed E-state index contributed by atoms with van der Waals surface area (Å²) in [6.45, 7) is 4.42. The predicted molar refractivity (Wildman–Crippen MR) is 98.7 cm³/mol. The second-order valence-corrected chi connectivity index (χ2v) is 6.08. The Balaban J connectivity index is 1.92. The molecule has 0 aliphatic rings. The van der Waals surface area contributed by atoms with E-state index in [1.807, 2.05) is 50.2 Å². The molecule has 0 saturated heterocycles. The number of methoxy groups -OCH3 is 2. The maximum Gasteiger partial charge on any atom is 0.261 e. The van der Waals surface area contributed by atoms with E-state index in [2.05, 4.69) is 4.98 Å². The van der Waals surface area contributed by atoms with Gasteiger partial charge in [-0.1, -0.05) is 17.7 Å². The third-order valence-electron chi connectivity index (χ3n) is 4.37. The van der Waals surface area contributed by atoms with Crippen LogP contribution in [0.4, 0.5) is 0 Å². The highest BCUT2D eigenvalue weighted by Crippen LogP contribution is 2.27. The normalized spacial score (nSPS) is 10.9. The minimum Gasteiger partial charge on any atom is -0.493 e. The van der Waals surface area contributed by atoms with Crippen molar-refractivity contribution in [3.63, 3.8) is 0 Å². The largest absolute Gasteiger partial charge is 0.493 e. The van der Waals surface area contributed by atoms with Gasteiger partial charge in [-0.25, -0.2) is 4.98 Å². The molecule has 0 fully saturated rings. The van der Waals surface area contributed by atoms with Crippen LogP contribution in [0.1, 0.15) is 17.0 Å². The summed E-state index contributed by atoms with van der Waals surface area (Å²) >= 11 is 0. The van der Waals surface area contributed by atoms with Gasteiger partial charge < -0.3 is 9.47 Å². The SMILES string of the molecule is COc1ccc(CCn2c(C)nc3ccc(C)cc3c2=O)cc1OC. The van der Waals surface area contributed by atoms with Crippen LogP contribution in [0.25, 0.3) is 10.9 Å². The van der Waals surface area contributed by atoms with Crippen molar-refractivity contribution in [2.24, 2.45) is 0 Å². The number of hydrogen-bond donors (Lipinski definition) is 0. The van der Waals surface area contributed by atoms with Crippen molar-refractivity contribution in [2.75, 3.05) is 14.2 Å². The fourth-order valence-corrected chi connectivity index (χ4v) is 2.99. The van der Waals surface area contributed by atoms with Gasteiger partial charge in [0.05, 0.1) is 25.1 Å². The summed E-state index contributed by atoms with van der Waals surface area (Å²) in [4.78, 5) is 17.4. The molecule has 0 unspecified atom stereocenters. The number of aromatic nitrogens is 2. The second kappa shape index (κ2) is 6.97. The standard InChI is InChI=1S/C20H22N2O3/c1-13-5-7-17-16(11-13)20(23)22(14(2)21-17)10-9-15-6-8-18(24-3)19(12-15)25-4/h5-8,11-12H,9-10H2,1-4H3. The van der Waals surface area contributed by atoms with Crippen LogP contribution in [0.15, 0.2) is 41.2 Å². The minimum absolute atomic E-state index is 0.00618. The van der Waals surface area contributed by atoms with Crippen molar-refractivity contribution in [3.8, 4) is 11.5 Å². The number of ether oxygens (including phenoxy) is 2. The van der Waals surface area contributed by atoms with E-state index in [1.54, 1.807) is 18.8 Å². The van der Waals surface area contributed by atoms with Crippen molar-refractivity contribution in [1.82, 2.24) is 9.55 Å². The highest BCUT2D eigenvalue weighted by molar-refractivity contribution is 5.78. The molecule has 0 atom stereocenters. The lowest BCUT2D eigenvalue weighted by Crippen LogP contribution is -2.25. The Morgan fingerprint density at radius 3 is 2.48 bits per heavy atom. The van der Waals surface area contributed by atoms with Crippen LogP contribution in [-0.4, -0.2) is 23.8 Å². The Kier molecular flexibility index (Phi) is 4.74. The summed E-state index contributed by atoms with van der Waals surface area (Å²) in [7, 11) is 3.23. The molecular weight excluding hydrogens is 316 g/mol. The van der Waals surface area contributed by atoms with Crippen LogP contribution >= 0.6 is 0 Å². The number of fused-ring (bicyclic) bond motifs is 1. The minimum atomic E-state index is 0.00618. The molecule has 5 nitrogen and oxygen atoms in total. The van der Waals surface area contributed by atoms with Crippen LogP contribution in [0.3, 0.4) is 0 Å². The van der Waals surface area contributed by atoms with E-state index in [0.717, 1.165) is 22.5 Å². The first-order chi connectivity index (χ1) is 12.0. The smallest absolute Gasteiger partial charge is 0.261 e. The van der Waals surface area contributed by atoms with Crippen LogP contribution in [-0.2, 0) is 13.0 Å². The van der Waals surface area contributed by atoms with Crippen LogP contribution in [0.2, 0.25) is 0 Å². The van der Waals surface area contributed by atoms with Crippen LogP contribution in [0.5, 0.6) is 11.5 Å². The molecule has 2 aromatic carbocycles. The average Bonchev–Trinajstić information content (AvgIpc) is 2.62. The lowest BCUT2D eigenvalue weighted by atomic mass is 10.1. The third kappa shape index (κ3) is 3.36. The van der Waals surface area contributed by atoms with Crippen molar-refractivity contribution >= 4 is 10.9 Å². The zero-order valence-corrected chi connectivity index (χ0v) is 15.0. The molecule has 0 spiro atoms. The molecule has 3 rings (SSSR count). The highest BCUT2D eigenvalue weighted by atomic mass is 16.5. The summed E-state index contributed by atoms with van der Waals surface area (Å²) in [5, 5.41) is 0.665. The Morgan fingerprint density at radius 1 is 1.00 bits per heavy atom. The van der Waals surface area contributed by atoms with Crippen molar-refractivity contribution in [3.05, 3.63) is 63.7 Å². The summed E-state index contributed by atoms with van der Waals surface area (Å²) in [5.41, 5.74) is 2.89. The van der Waals surface area contributed by atoms with E-state index in [-0.39, 0.29) is 5.56 Å². The first kappa shape index (κ1) is 17.0. The lowest BCUT2D eigenvalue weighted by molar-refractivity contribution is 0.354. The molecule has 130 valence electrons. The molecule has 0 bridgehead atoms. The maximum atomic E-state index is 12.8. The summed E-state index contributed by atoms with van der Waals surface area (Å²) in [6.07, 6.45) is 0.708. The van der Waals surface area contributed by atoms with Gasteiger partial charge in [0.1, 0.15) is 5.82 Å². The number of nitrogens with zero attached hydrogens (tertiary/aromatic N) is 2. The van der Waals surface area contributed by atoms with Gasteiger partial charge in [0.25, 0.3) is 5.56 Å². The lowest BCUT2D eigenvalue weighted by Gasteiger charge is -2.13. The van der Waals surface area contributed by atoms with Crippen LogP contribution < -0.4 is 15.0 Å². The molecule has 25 heavy (non-hydrogen) atoms. The predicted octanol–water partition coefficient (Wildman–Crippen LogP) is 3.27. The highest BCUT2D eigenvalue weighted by Gasteiger charge is 2.10. The maximum absolute atomic E-state index is 12.8. The fourth-order valence-electron chi connectivity index (χ4n) is 2.99. The molecule has 5 heteroatoms. The molecular formula is C20H22N2O3. The molecule has 0 saturated carbocycles. The van der Waals surface area contributed by atoms with Gasteiger partial charge in [0, 0.05) is 6.54 Å². The molecule has 0 aliphatic carbocycles. The molecule has 0 amide bonds. The van der Waals surface area contributed by atoms with Crippen molar-refractivity contribution in [2.45, 2.75) is 26.8 Å². The van der Waals surface area contributed by atoms with Gasteiger partial charge in [0.15, 0.2) is 11.5 Å². The third-order valence-corrected chi connectivity index (χ3v) is 4.37. The summed E-state index contributed by atoms with van der Waals surface area (Å²) in [5.74, 6) is 2.11. The van der Waals surface area contributed by atoms with Crippen molar-refractivity contribution < 1.29 is 9.47 Å². The molecule has 0 N–H and O–H groups in total. The number of hydrogen-bond acceptors (Lipinski definition) is 4. The topological polar surface area (TPSA) is 53.4 Å². The Labute approximate surface area is 146 Å². The Hall–Kier alpha value is -2.82. The summed E-state index contributed by atoms with van der Waals surface area (Å²) in [6, 6.07) is 11.6. The first-order valence-corrected chi connectivity index (χ1v) is 8.22. The molecule has 0 radical (unpaired) electrons. The number of rotatable bonds is 5. The van der Waals surface area contributed by atoms with E-state index in [0.29, 0.717) is 29.9 Å². The monoisotopic (exact) mass is 338 g/mol. The molecule has 0 aliphatic heterocycles. The van der Waals surface area contributed by atoms with Gasteiger partial charge in [0.2, 0.25) is 0 Å². The quantitative estimate of drug-likeness (QED) is 0.716. The average molecular weight is 338 g/mol.